The number of rotatable bonds is 9. The van der Waals surface area contributed by atoms with Crippen LogP contribution in [-0.2, 0) is 5.88 Å². The summed E-state index contributed by atoms with van der Waals surface area (Å²) in [6.07, 6.45) is 2.75. The lowest BCUT2D eigenvalue weighted by molar-refractivity contribution is 0.264. The molecule has 4 heteroatoms. The van der Waals surface area contributed by atoms with Gasteiger partial charge in [0.15, 0.2) is 11.5 Å². The standard InChI is InChI=1S/C17H24ClNO2/c1-4-20-15-9-7-8-14(12-18)16(15)21-11-6-5-10-17(2,3)13-19/h7-9H,4-6,10-12H2,1-3H3. The van der Waals surface area contributed by atoms with Crippen LogP contribution in [0, 0.1) is 16.7 Å². The molecule has 1 aromatic carbocycles. The molecule has 0 atom stereocenters. The maximum absolute atomic E-state index is 8.98. The van der Waals surface area contributed by atoms with Crippen molar-refractivity contribution in [1.29, 1.82) is 5.26 Å². The summed E-state index contributed by atoms with van der Waals surface area (Å²) in [6.45, 7) is 7.07. The van der Waals surface area contributed by atoms with Crippen LogP contribution in [0.5, 0.6) is 11.5 Å². The van der Waals surface area contributed by atoms with Gasteiger partial charge in [-0.3, -0.25) is 0 Å². The van der Waals surface area contributed by atoms with Gasteiger partial charge in [0.2, 0.25) is 0 Å². The number of halogens is 1. The van der Waals surface area contributed by atoms with Crippen LogP contribution in [0.3, 0.4) is 0 Å². The minimum Gasteiger partial charge on any atom is -0.490 e. The minimum absolute atomic E-state index is 0.259. The Kier molecular flexibility index (Phi) is 7.39. The van der Waals surface area contributed by atoms with E-state index in [1.54, 1.807) is 0 Å². The van der Waals surface area contributed by atoms with Crippen LogP contribution in [0.15, 0.2) is 18.2 Å². The first kappa shape index (κ1) is 17.7. The van der Waals surface area contributed by atoms with Gasteiger partial charge in [0.25, 0.3) is 0 Å². The third-order valence-corrected chi connectivity index (χ3v) is 3.54. The predicted molar refractivity (Wildman–Crippen MR) is 85.9 cm³/mol. The van der Waals surface area contributed by atoms with E-state index in [4.69, 9.17) is 26.3 Å². The second kappa shape index (κ2) is 8.79. The molecule has 1 rings (SSSR count). The summed E-state index contributed by atoms with van der Waals surface area (Å²) in [5.41, 5.74) is 0.685. The van der Waals surface area contributed by atoms with Crippen LogP contribution in [0.2, 0.25) is 0 Å². The Morgan fingerprint density at radius 1 is 1.24 bits per heavy atom. The summed E-state index contributed by atoms with van der Waals surface area (Å²) in [6, 6.07) is 8.08. The number of benzene rings is 1. The van der Waals surface area contributed by atoms with E-state index in [1.165, 1.54) is 0 Å². The van der Waals surface area contributed by atoms with Crippen molar-refractivity contribution in [2.75, 3.05) is 13.2 Å². The van der Waals surface area contributed by atoms with Crippen molar-refractivity contribution in [1.82, 2.24) is 0 Å². The monoisotopic (exact) mass is 309 g/mol. The largest absolute Gasteiger partial charge is 0.490 e. The second-order valence-corrected chi connectivity index (χ2v) is 5.88. The van der Waals surface area contributed by atoms with Crippen molar-refractivity contribution in [2.45, 2.75) is 45.9 Å². The van der Waals surface area contributed by atoms with E-state index >= 15 is 0 Å². The van der Waals surface area contributed by atoms with Gasteiger partial charge < -0.3 is 9.47 Å². The van der Waals surface area contributed by atoms with E-state index in [0.717, 1.165) is 36.3 Å². The highest BCUT2D eigenvalue weighted by Gasteiger charge is 2.16. The van der Waals surface area contributed by atoms with E-state index in [1.807, 2.05) is 39.0 Å². The van der Waals surface area contributed by atoms with Gasteiger partial charge in [-0.2, -0.15) is 5.26 Å². The van der Waals surface area contributed by atoms with Crippen LogP contribution < -0.4 is 9.47 Å². The third kappa shape index (κ3) is 5.85. The van der Waals surface area contributed by atoms with Gasteiger partial charge >= 0.3 is 0 Å². The molecule has 0 bridgehead atoms. The van der Waals surface area contributed by atoms with Gasteiger partial charge in [-0.1, -0.05) is 12.1 Å². The molecule has 0 aromatic heterocycles. The lowest BCUT2D eigenvalue weighted by Crippen LogP contribution is -2.09. The molecule has 0 saturated heterocycles. The number of para-hydroxylation sites is 1. The van der Waals surface area contributed by atoms with Crippen molar-refractivity contribution < 1.29 is 9.47 Å². The Bertz CT molecular complexity index is 480. The van der Waals surface area contributed by atoms with Gasteiger partial charge in [-0.15, -0.1) is 11.6 Å². The summed E-state index contributed by atoms with van der Waals surface area (Å²) in [5, 5.41) is 8.98. The summed E-state index contributed by atoms with van der Waals surface area (Å²) in [4.78, 5) is 0. The molecule has 0 spiro atoms. The van der Waals surface area contributed by atoms with Crippen molar-refractivity contribution in [2.24, 2.45) is 5.41 Å². The zero-order chi connectivity index (χ0) is 15.7. The molecule has 0 unspecified atom stereocenters. The SMILES string of the molecule is CCOc1cccc(CCl)c1OCCCCC(C)(C)C#N. The van der Waals surface area contributed by atoms with Crippen LogP contribution in [0.4, 0.5) is 0 Å². The minimum atomic E-state index is -0.259. The quantitative estimate of drug-likeness (QED) is 0.480. The normalized spacial score (nSPS) is 11.0. The van der Waals surface area contributed by atoms with Gasteiger partial charge in [0, 0.05) is 5.56 Å². The number of hydrogen-bond acceptors (Lipinski definition) is 3. The van der Waals surface area contributed by atoms with Crippen LogP contribution in [0.25, 0.3) is 0 Å². The number of unbranched alkanes of at least 4 members (excludes halogenated alkanes) is 1. The smallest absolute Gasteiger partial charge is 0.165 e. The topological polar surface area (TPSA) is 42.2 Å². The highest BCUT2D eigenvalue weighted by Crippen LogP contribution is 2.32. The highest BCUT2D eigenvalue weighted by atomic mass is 35.5. The summed E-state index contributed by atoms with van der Waals surface area (Å²) >= 11 is 5.95. The Labute approximate surface area is 132 Å². The van der Waals surface area contributed by atoms with E-state index in [-0.39, 0.29) is 5.41 Å². The van der Waals surface area contributed by atoms with Crippen LogP contribution in [0.1, 0.15) is 45.6 Å². The van der Waals surface area contributed by atoms with Gasteiger partial charge in [0.1, 0.15) is 0 Å². The lowest BCUT2D eigenvalue weighted by atomic mass is 9.89. The molecule has 0 N–H and O–H groups in total. The number of alkyl halides is 1. The number of nitriles is 1. The first-order valence-corrected chi connectivity index (χ1v) is 7.92. The van der Waals surface area contributed by atoms with Crippen molar-refractivity contribution in [3.63, 3.8) is 0 Å². The molecule has 1 aromatic rings. The Morgan fingerprint density at radius 2 is 2.00 bits per heavy atom. The molecular weight excluding hydrogens is 286 g/mol. The fourth-order valence-electron chi connectivity index (χ4n) is 2.00. The maximum Gasteiger partial charge on any atom is 0.165 e. The number of ether oxygens (including phenoxy) is 2. The summed E-state index contributed by atoms with van der Waals surface area (Å²) in [5.74, 6) is 1.89. The van der Waals surface area contributed by atoms with Crippen LogP contribution >= 0.6 is 11.6 Å². The highest BCUT2D eigenvalue weighted by molar-refractivity contribution is 6.17. The van der Waals surface area contributed by atoms with E-state index < -0.39 is 0 Å². The molecule has 116 valence electrons. The molecule has 0 aliphatic carbocycles. The molecule has 0 fully saturated rings. The zero-order valence-corrected chi connectivity index (χ0v) is 13.9. The average molecular weight is 310 g/mol. The zero-order valence-electron chi connectivity index (χ0n) is 13.1. The average Bonchev–Trinajstić information content (AvgIpc) is 2.48. The van der Waals surface area contributed by atoms with Gasteiger partial charge in [-0.05, 0) is 46.1 Å². The molecule has 0 saturated carbocycles. The van der Waals surface area contributed by atoms with Gasteiger partial charge in [0.05, 0.1) is 30.6 Å². The molecular formula is C17H24ClNO2. The molecule has 3 nitrogen and oxygen atoms in total. The summed E-state index contributed by atoms with van der Waals surface area (Å²) in [7, 11) is 0. The fraction of sp³-hybridized carbons (Fsp3) is 0.588. The first-order valence-electron chi connectivity index (χ1n) is 7.38. The fourth-order valence-corrected chi connectivity index (χ4v) is 2.21. The van der Waals surface area contributed by atoms with Crippen molar-refractivity contribution in [3.8, 4) is 17.6 Å². The Hall–Kier alpha value is -1.40. The molecule has 0 radical (unpaired) electrons. The molecule has 0 amide bonds. The second-order valence-electron chi connectivity index (χ2n) is 5.61. The van der Waals surface area contributed by atoms with Crippen molar-refractivity contribution in [3.05, 3.63) is 23.8 Å². The van der Waals surface area contributed by atoms with Crippen molar-refractivity contribution >= 4 is 11.6 Å². The molecule has 0 aliphatic heterocycles. The third-order valence-electron chi connectivity index (χ3n) is 3.25. The molecule has 21 heavy (non-hydrogen) atoms. The number of hydrogen-bond donors (Lipinski definition) is 0. The van der Waals surface area contributed by atoms with Crippen LogP contribution in [-0.4, -0.2) is 13.2 Å². The predicted octanol–water partition coefficient (Wildman–Crippen LogP) is 4.92. The molecule has 0 heterocycles. The van der Waals surface area contributed by atoms with E-state index in [2.05, 4.69) is 6.07 Å². The summed E-state index contributed by atoms with van der Waals surface area (Å²) < 4.78 is 11.4. The Morgan fingerprint density at radius 3 is 2.62 bits per heavy atom. The van der Waals surface area contributed by atoms with E-state index in [9.17, 15) is 0 Å². The van der Waals surface area contributed by atoms with E-state index in [0.29, 0.717) is 19.1 Å². The number of nitrogens with zero attached hydrogens (tertiary/aromatic N) is 1. The maximum atomic E-state index is 8.98. The Balaban J connectivity index is 2.53. The lowest BCUT2D eigenvalue weighted by Gasteiger charge is -2.16. The molecule has 0 aliphatic rings. The van der Waals surface area contributed by atoms with Gasteiger partial charge in [-0.25, -0.2) is 0 Å². The first-order chi connectivity index (χ1) is 10.0.